The van der Waals surface area contributed by atoms with E-state index in [0.29, 0.717) is 35.1 Å². The molecule has 1 unspecified atom stereocenters. The molecule has 3 amide bonds. The largest absolute Gasteiger partial charge is 0.495 e. The summed E-state index contributed by atoms with van der Waals surface area (Å²) in [5, 5.41) is 8.67. The highest BCUT2D eigenvalue weighted by Gasteiger charge is 2.41. The lowest BCUT2D eigenvalue weighted by atomic mass is 10.0. The van der Waals surface area contributed by atoms with Crippen molar-refractivity contribution in [1.82, 2.24) is 20.6 Å². The first-order valence-corrected chi connectivity index (χ1v) is 17.7. The Morgan fingerprint density at radius 1 is 1.06 bits per heavy atom. The number of anilines is 4. The zero-order chi connectivity index (χ0) is 36.0. The smallest absolute Gasteiger partial charge is 0.408 e. The lowest BCUT2D eigenvalue weighted by Crippen LogP contribution is -2.55. The standard InChI is InChI=1S/C36H51N7O7/c1-7-27-32(45)42(5)28-21-38-34(41-30(28)43(27)23-12-8-9-13-23)39-25-17-16-22(20-29(25)48-6)31(44)37-19-18-26(40-35(47)50-36(2,3)4)33(46)49-24-14-10-11-15-24/h16-17,20-21,23-24,26-27H,7-15,18-19H2,1-6H3,(H,37,44)(H,40,47)(H,38,39,41)/t26?,27-/m1/s1. The molecule has 5 rings (SSSR count). The summed E-state index contributed by atoms with van der Waals surface area (Å²) in [6.07, 6.45) is 9.41. The number of amides is 3. The van der Waals surface area contributed by atoms with E-state index in [1.165, 1.54) is 7.11 Å². The van der Waals surface area contributed by atoms with E-state index in [-0.39, 0.29) is 43.0 Å². The number of methoxy groups -OCH3 is 1. The number of hydrogen-bond donors (Lipinski definition) is 3. The van der Waals surface area contributed by atoms with E-state index in [0.717, 1.165) is 57.2 Å². The summed E-state index contributed by atoms with van der Waals surface area (Å²) in [4.78, 5) is 65.1. The van der Waals surface area contributed by atoms with Crippen molar-refractivity contribution in [3.8, 4) is 5.75 Å². The third-order valence-corrected chi connectivity index (χ3v) is 9.40. The number of carbonyl (C=O) groups is 4. The second kappa shape index (κ2) is 15.9. The van der Waals surface area contributed by atoms with Gasteiger partial charge in [-0.05, 0) is 90.3 Å². The average Bonchev–Trinajstić information content (AvgIpc) is 3.80. The van der Waals surface area contributed by atoms with Crippen LogP contribution in [0.3, 0.4) is 0 Å². The van der Waals surface area contributed by atoms with E-state index in [4.69, 9.17) is 19.2 Å². The van der Waals surface area contributed by atoms with E-state index >= 15 is 0 Å². The molecule has 0 saturated heterocycles. The minimum atomic E-state index is -0.987. The fourth-order valence-electron chi connectivity index (χ4n) is 6.88. The SMILES string of the molecule is CC[C@@H]1C(=O)N(C)c2cnc(Nc3ccc(C(=O)NCCC(NC(=O)OC(C)(C)C)C(=O)OC4CCCC4)cc3OC)nc2N1C1CCCC1. The summed E-state index contributed by atoms with van der Waals surface area (Å²) in [6, 6.07) is 3.93. The second-order valence-corrected chi connectivity index (χ2v) is 14.2. The van der Waals surface area contributed by atoms with Crippen LogP contribution in [-0.4, -0.2) is 84.4 Å². The zero-order valence-corrected chi connectivity index (χ0v) is 30.0. The van der Waals surface area contributed by atoms with E-state index < -0.39 is 23.7 Å². The van der Waals surface area contributed by atoms with Gasteiger partial charge in [0.1, 0.15) is 35.2 Å². The molecule has 2 aliphatic carbocycles. The highest BCUT2D eigenvalue weighted by molar-refractivity contribution is 6.04. The van der Waals surface area contributed by atoms with Gasteiger partial charge in [0.05, 0.1) is 19.0 Å². The number of aromatic nitrogens is 2. The molecule has 0 spiro atoms. The van der Waals surface area contributed by atoms with Crippen molar-refractivity contribution in [1.29, 1.82) is 0 Å². The molecule has 1 aliphatic heterocycles. The highest BCUT2D eigenvalue weighted by atomic mass is 16.6. The van der Waals surface area contributed by atoms with Crippen molar-refractivity contribution >= 4 is 47.0 Å². The van der Waals surface area contributed by atoms with Gasteiger partial charge in [0.2, 0.25) is 11.9 Å². The molecule has 3 aliphatic rings. The highest BCUT2D eigenvalue weighted by Crippen LogP contribution is 2.40. The Bertz CT molecular complexity index is 1550. The van der Waals surface area contributed by atoms with E-state index in [2.05, 4.69) is 25.8 Å². The number of hydrogen-bond acceptors (Lipinski definition) is 11. The van der Waals surface area contributed by atoms with Crippen molar-refractivity contribution in [2.45, 2.75) is 122 Å². The van der Waals surface area contributed by atoms with Crippen molar-refractivity contribution < 1.29 is 33.4 Å². The average molecular weight is 694 g/mol. The molecule has 0 radical (unpaired) electrons. The molecule has 14 nitrogen and oxygen atoms in total. The van der Waals surface area contributed by atoms with Crippen LogP contribution in [0, 0.1) is 0 Å². The van der Waals surface area contributed by atoms with Gasteiger partial charge in [0.25, 0.3) is 5.91 Å². The first kappa shape index (κ1) is 36.7. The second-order valence-electron chi connectivity index (χ2n) is 14.2. The van der Waals surface area contributed by atoms with Gasteiger partial charge in [-0.2, -0.15) is 4.98 Å². The minimum absolute atomic E-state index is 0.0468. The van der Waals surface area contributed by atoms with Crippen LogP contribution >= 0.6 is 0 Å². The molecular weight excluding hydrogens is 642 g/mol. The maximum absolute atomic E-state index is 13.2. The molecule has 272 valence electrons. The molecule has 14 heteroatoms. The lowest BCUT2D eigenvalue weighted by Gasteiger charge is -2.43. The first-order valence-electron chi connectivity index (χ1n) is 17.7. The summed E-state index contributed by atoms with van der Waals surface area (Å²) in [5.41, 5.74) is 0.823. The number of likely N-dealkylation sites (N-methyl/N-ethyl adjacent to an activating group) is 1. The topological polar surface area (TPSA) is 164 Å². The van der Waals surface area contributed by atoms with Gasteiger partial charge in [-0.25, -0.2) is 14.6 Å². The van der Waals surface area contributed by atoms with Gasteiger partial charge in [-0.3, -0.25) is 9.59 Å². The maximum atomic E-state index is 13.2. The maximum Gasteiger partial charge on any atom is 0.408 e. The van der Waals surface area contributed by atoms with Gasteiger partial charge in [0.15, 0.2) is 5.82 Å². The molecule has 1 aromatic heterocycles. The predicted octanol–water partition coefficient (Wildman–Crippen LogP) is 5.23. The quantitative estimate of drug-likeness (QED) is 0.249. The third kappa shape index (κ3) is 8.75. The molecule has 2 aromatic rings. The summed E-state index contributed by atoms with van der Waals surface area (Å²) in [7, 11) is 3.27. The monoisotopic (exact) mass is 693 g/mol. The normalized spacial score (nSPS) is 18.8. The molecule has 2 atom stereocenters. The molecule has 3 N–H and O–H groups in total. The summed E-state index contributed by atoms with van der Waals surface area (Å²) in [5.74, 6) is 0.581. The van der Waals surface area contributed by atoms with Crippen LogP contribution in [-0.2, 0) is 19.1 Å². The van der Waals surface area contributed by atoms with Crippen LogP contribution in [0.2, 0.25) is 0 Å². The van der Waals surface area contributed by atoms with Crippen LogP contribution in [0.15, 0.2) is 24.4 Å². The van der Waals surface area contributed by atoms with Crippen LogP contribution in [0.1, 0.15) is 102 Å². The Balaban J connectivity index is 1.25. The number of esters is 1. The van der Waals surface area contributed by atoms with Crippen molar-refractivity contribution in [3.63, 3.8) is 0 Å². The van der Waals surface area contributed by atoms with Gasteiger partial charge in [0, 0.05) is 25.2 Å². The van der Waals surface area contributed by atoms with E-state index in [1.54, 1.807) is 57.1 Å². The molecule has 1 aromatic carbocycles. The Labute approximate surface area is 294 Å². The number of rotatable bonds is 12. The number of benzene rings is 1. The van der Waals surface area contributed by atoms with Crippen molar-refractivity contribution in [2.24, 2.45) is 0 Å². The van der Waals surface area contributed by atoms with Gasteiger partial charge >= 0.3 is 12.1 Å². The van der Waals surface area contributed by atoms with Crippen molar-refractivity contribution in [3.05, 3.63) is 30.0 Å². The number of nitrogens with one attached hydrogen (secondary N) is 3. The number of alkyl carbamates (subject to hydrolysis) is 1. The Kier molecular flexibility index (Phi) is 11.7. The van der Waals surface area contributed by atoms with Gasteiger partial charge in [-0.15, -0.1) is 0 Å². The van der Waals surface area contributed by atoms with Crippen LogP contribution in [0.25, 0.3) is 0 Å². The van der Waals surface area contributed by atoms with E-state index in [9.17, 15) is 19.2 Å². The van der Waals surface area contributed by atoms with Crippen LogP contribution in [0.4, 0.5) is 27.9 Å². The summed E-state index contributed by atoms with van der Waals surface area (Å²) in [6.45, 7) is 7.33. The number of carbonyl (C=O) groups excluding carboxylic acids is 4. The Hall–Kier alpha value is -4.62. The zero-order valence-electron chi connectivity index (χ0n) is 30.0. The minimum Gasteiger partial charge on any atom is -0.495 e. The first-order chi connectivity index (χ1) is 23.9. The fourth-order valence-corrected chi connectivity index (χ4v) is 6.88. The molecule has 50 heavy (non-hydrogen) atoms. The number of nitrogens with zero attached hydrogens (tertiary/aromatic N) is 4. The molecule has 2 heterocycles. The van der Waals surface area contributed by atoms with Gasteiger partial charge in [-0.1, -0.05) is 19.8 Å². The van der Waals surface area contributed by atoms with E-state index in [1.807, 2.05) is 6.92 Å². The lowest BCUT2D eigenvalue weighted by molar-refractivity contribution is -0.151. The number of ether oxygens (including phenoxy) is 3. The molecule has 2 fully saturated rings. The molecule has 0 bridgehead atoms. The Morgan fingerprint density at radius 3 is 2.42 bits per heavy atom. The number of fused-ring (bicyclic) bond motifs is 1. The summed E-state index contributed by atoms with van der Waals surface area (Å²) < 4.78 is 16.6. The molecule has 2 saturated carbocycles. The predicted molar refractivity (Wildman–Crippen MR) is 189 cm³/mol. The summed E-state index contributed by atoms with van der Waals surface area (Å²) >= 11 is 0. The third-order valence-electron chi connectivity index (χ3n) is 9.40. The molecular formula is C36H51N7O7. The fraction of sp³-hybridized carbons (Fsp3) is 0.611. The van der Waals surface area contributed by atoms with Crippen LogP contribution < -0.4 is 30.5 Å². The van der Waals surface area contributed by atoms with Crippen molar-refractivity contribution in [2.75, 3.05) is 35.8 Å². The van der Waals surface area contributed by atoms with Crippen LogP contribution in [0.5, 0.6) is 5.75 Å². The van der Waals surface area contributed by atoms with Gasteiger partial charge < -0.3 is 40.0 Å². The Morgan fingerprint density at radius 2 is 1.76 bits per heavy atom.